The van der Waals surface area contributed by atoms with Crippen LogP contribution in [-0.2, 0) is 4.79 Å². The molecule has 4 aliphatic carbocycles. The van der Waals surface area contributed by atoms with Crippen LogP contribution in [0.3, 0.4) is 0 Å². The summed E-state index contributed by atoms with van der Waals surface area (Å²) in [5, 5.41) is 8.84. The SMILES string of the molecule is O=C(O)CCC12CC3CC4CC1CC43C2. The maximum absolute atomic E-state index is 10.7. The Hall–Kier alpha value is -0.530. The third kappa shape index (κ3) is 0.786. The van der Waals surface area contributed by atoms with Gasteiger partial charge in [0.25, 0.3) is 0 Å². The smallest absolute Gasteiger partial charge is 0.303 e. The molecule has 4 saturated carbocycles. The average molecular weight is 206 g/mol. The molecule has 4 fully saturated rings. The second-order valence-electron chi connectivity index (χ2n) is 6.64. The Kier molecular flexibility index (Phi) is 1.29. The maximum Gasteiger partial charge on any atom is 0.303 e. The zero-order valence-electron chi connectivity index (χ0n) is 9.04. The van der Waals surface area contributed by atoms with E-state index in [1.807, 2.05) is 0 Å². The summed E-state index contributed by atoms with van der Waals surface area (Å²) in [5.41, 5.74) is 1.22. The summed E-state index contributed by atoms with van der Waals surface area (Å²) in [6, 6.07) is 0. The van der Waals surface area contributed by atoms with Crippen LogP contribution in [-0.4, -0.2) is 11.1 Å². The third-order valence-corrected chi connectivity index (χ3v) is 6.43. The van der Waals surface area contributed by atoms with E-state index in [4.69, 9.17) is 5.11 Å². The van der Waals surface area contributed by atoms with Gasteiger partial charge in [0.15, 0.2) is 0 Å². The van der Waals surface area contributed by atoms with Gasteiger partial charge < -0.3 is 5.11 Å². The molecule has 5 unspecified atom stereocenters. The molecule has 3 bridgehead atoms. The molecule has 5 atom stereocenters. The summed E-state index contributed by atoms with van der Waals surface area (Å²) in [4.78, 5) is 10.7. The number of carboxylic acids is 1. The Morgan fingerprint density at radius 2 is 2.00 bits per heavy atom. The number of aliphatic carboxylic acids is 1. The van der Waals surface area contributed by atoms with Gasteiger partial charge in [0.2, 0.25) is 0 Å². The van der Waals surface area contributed by atoms with E-state index < -0.39 is 5.97 Å². The first-order chi connectivity index (χ1) is 7.15. The molecule has 1 N–H and O–H groups in total. The van der Waals surface area contributed by atoms with Gasteiger partial charge in [-0.3, -0.25) is 4.79 Å². The van der Waals surface area contributed by atoms with Gasteiger partial charge in [-0.2, -0.15) is 0 Å². The maximum atomic E-state index is 10.7. The van der Waals surface area contributed by atoms with Gasteiger partial charge in [0.05, 0.1) is 0 Å². The largest absolute Gasteiger partial charge is 0.481 e. The standard InChI is InChI=1S/C13H18O2/c14-11(15)1-2-12-5-10-4-8-3-9(12)6-13(8,10)7-12/h8-10H,1-7H2,(H,14,15). The predicted octanol–water partition coefficient (Wildman–Crippen LogP) is 2.68. The predicted molar refractivity (Wildman–Crippen MR) is 55.3 cm³/mol. The van der Waals surface area contributed by atoms with Gasteiger partial charge in [0, 0.05) is 6.42 Å². The Labute approximate surface area is 90.1 Å². The molecule has 82 valence electrons. The first kappa shape index (κ1) is 8.60. The minimum atomic E-state index is -0.597. The zero-order chi connectivity index (χ0) is 10.3. The highest BCUT2D eigenvalue weighted by Crippen LogP contribution is 2.84. The van der Waals surface area contributed by atoms with Gasteiger partial charge in [-0.15, -0.1) is 0 Å². The molecule has 0 heterocycles. The highest BCUT2D eigenvalue weighted by molar-refractivity contribution is 5.66. The first-order valence-corrected chi connectivity index (χ1v) is 6.36. The van der Waals surface area contributed by atoms with Crippen molar-refractivity contribution in [1.82, 2.24) is 0 Å². The fourth-order valence-corrected chi connectivity index (χ4v) is 5.93. The summed E-state index contributed by atoms with van der Waals surface area (Å²) < 4.78 is 0. The summed E-state index contributed by atoms with van der Waals surface area (Å²) in [7, 11) is 0. The van der Waals surface area contributed by atoms with Crippen molar-refractivity contribution >= 4 is 5.97 Å². The van der Waals surface area contributed by atoms with E-state index in [0.717, 1.165) is 29.6 Å². The van der Waals surface area contributed by atoms with E-state index >= 15 is 0 Å². The molecule has 4 aliphatic rings. The molecule has 0 aromatic carbocycles. The number of hydrogen-bond donors (Lipinski definition) is 1. The Balaban J connectivity index is 1.62. The van der Waals surface area contributed by atoms with Crippen LogP contribution in [0.4, 0.5) is 0 Å². The summed E-state index contributed by atoms with van der Waals surface area (Å²) in [6.45, 7) is 0. The Morgan fingerprint density at radius 1 is 1.20 bits per heavy atom. The summed E-state index contributed by atoms with van der Waals surface area (Å²) >= 11 is 0. The molecule has 4 rings (SSSR count). The summed E-state index contributed by atoms with van der Waals surface area (Å²) in [5.74, 6) is 2.35. The van der Waals surface area contributed by atoms with Crippen LogP contribution in [0.1, 0.15) is 44.9 Å². The minimum absolute atomic E-state index is 0.407. The van der Waals surface area contributed by atoms with Crippen molar-refractivity contribution in [2.24, 2.45) is 28.6 Å². The quantitative estimate of drug-likeness (QED) is 0.770. The Morgan fingerprint density at radius 3 is 2.73 bits per heavy atom. The molecule has 0 saturated heterocycles. The van der Waals surface area contributed by atoms with Gasteiger partial charge in [0.1, 0.15) is 0 Å². The second-order valence-corrected chi connectivity index (χ2v) is 6.64. The molecule has 0 aromatic rings. The zero-order valence-corrected chi connectivity index (χ0v) is 9.04. The molecule has 2 nitrogen and oxygen atoms in total. The van der Waals surface area contributed by atoms with Gasteiger partial charge in [-0.25, -0.2) is 0 Å². The number of hydrogen-bond acceptors (Lipinski definition) is 1. The number of rotatable bonds is 3. The van der Waals surface area contributed by atoms with Crippen LogP contribution in [0, 0.1) is 28.6 Å². The molecular formula is C13H18O2. The topological polar surface area (TPSA) is 37.3 Å². The van der Waals surface area contributed by atoms with Crippen LogP contribution in [0.15, 0.2) is 0 Å². The molecular weight excluding hydrogens is 188 g/mol. The molecule has 0 aliphatic heterocycles. The number of carboxylic acid groups (broad SMARTS) is 1. The number of carbonyl (C=O) groups is 1. The van der Waals surface area contributed by atoms with Crippen LogP contribution in [0.25, 0.3) is 0 Å². The average Bonchev–Trinajstić information content (AvgIpc) is 2.67. The lowest BCUT2D eigenvalue weighted by atomic mass is 9.56. The van der Waals surface area contributed by atoms with Crippen LogP contribution in [0.5, 0.6) is 0 Å². The van der Waals surface area contributed by atoms with Gasteiger partial charge in [-0.05, 0) is 67.1 Å². The van der Waals surface area contributed by atoms with Crippen LogP contribution in [0.2, 0.25) is 0 Å². The fourth-order valence-electron chi connectivity index (χ4n) is 5.93. The van der Waals surface area contributed by atoms with Crippen molar-refractivity contribution in [1.29, 1.82) is 0 Å². The third-order valence-electron chi connectivity index (χ3n) is 6.43. The van der Waals surface area contributed by atoms with Crippen molar-refractivity contribution < 1.29 is 9.90 Å². The Bertz CT molecular complexity index is 350. The highest BCUT2D eigenvalue weighted by atomic mass is 16.4. The molecule has 2 heteroatoms. The normalized spacial score (nSPS) is 58.3. The van der Waals surface area contributed by atoms with Crippen LogP contribution >= 0.6 is 0 Å². The van der Waals surface area contributed by atoms with Crippen molar-refractivity contribution in [3.05, 3.63) is 0 Å². The van der Waals surface area contributed by atoms with E-state index in [0.29, 0.717) is 11.8 Å². The number of fused-ring (bicyclic) bond motifs is 3. The molecule has 1 spiro atoms. The monoisotopic (exact) mass is 206 g/mol. The fraction of sp³-hybridized carbons (Fsp3) is 0.923. The van der Waals surface area contributed by atoms with E-state index in [2.05, 4.69) is 0 Å². The van der Waals surface area contributed by atoms with E-state index in [1.54, 1.807) is 0 Å². The lowest BCUT2D eigenvalue weighted by Crippen LogP contribution is -2.41. The lowest BCUT2D eigenvalue weighted by molar-refractivity contribution is -0.137. The van der Waals surface area contributed by atoms with Crippen molar-refractivity contribution in [3.8, 4) is 0 Å². The van der Waals surface area contributed by atoms with Crippen molar-refractivity contribution in [3.63, 3.8) is 0 Å². The highest BCUT2D eigenvalue weighted by Gasteiger charge is 2.75. The molecule has 15 heavy (non-hydrogen) atoms. The molecule has 0 aromatic heterocycles. The van der Waals surface area contributed by atoms with Gasteiger partial charge >= 0.3 is 5.97 Å². The van der Waals surface area contributed by atoms with E-state index in [-0.39, 0.29) is 0 Å². The van der Waals surface area contributed by atoms with Crippen molar-refractivity contribution in [2.45, 2.75) is 44.9 Å². The van der Waals surface area contributed by atoms with E-state index in [9.17, 15) is 4.79 Å². The summed E-state index contributed by atoms with van der Waals surface area (Å²) in [6.07, 6.45) is 8.53. The molecule has 0 amide bonds. The van der Waals surface area contributed by atoms with Gasteiger partial charge in [-0.1, -0.05) is 0 Å². The molecule has 0 radical (unpaired) electrons. The first-order valence-electron chi connectivity index (χ1n) is 6.36. The minimum Gasteiger partial charge on any atom is -0.481 e. The van der Waals surface area contributed by atoms with Crippen LogP contribution < -0.4 is 0 Å². The van der Waals surface area contributed by atoms with Crippen molar-refractivity contribution in [2.75, 3.05) is 0 Å². The van der Waals surface area contributed by atoms with E-state index in [1.165, 1.54) is 32.1 Å². The second kappa shape index (κ2) is 2.26. The lowest BCUT2D eigenvalue weighted by Gasteiger charge is -2.48.